The molecule has 3 rings (SSSR count). The van der Waals surface area contributed by atoms with Crippen LogP contribution in [0.1, 0.15) is 5.82 Å². The lowest BCUT2D eigenvalue weighted by molar-refractivity contribution is -0.386. The van der Waals surface area contributed by atoms with E-state index in [1.165, 1.54) is 18.2 Å². The molecule has 2 aromatic carbocycles. The Morgan fingerprint density at radius 1 is 1.27 bits per heavy atom. The molecule has 2 N–H and O–H groups in total. The average molecular weight is 366 g/mol. The quantitative estimate of drug-likeness (QED) is 0.489. The third-order valence-corrected chi connectivity index (χ3v) is 3.56. The van der Waals surface area contributed by atoms with Crippen molar-refractivity contribution in [3.63, 3.8) is 0 Å². The van der Waals surface area contributed by atoms with E-state index in [4.69, 9.17) is 0 Å². The van der Waals surface area contributed by atoms with E-state index in [9.17, 15) is 23.3 Å². The maximum absolute atomic E-state index is 13.2. The van der Waals surface area contributed by atoms with Gasteiger partial charge in [0.1, 0.15) is 11.6 Å². The molecule has 0 unspecified atom stereocenters. The molecular weight excluding hydrogens is 353 g/mol. The summed E-state index contributed by atoms with van der Waals surface area (Å²) in [7, 11) is 0. The van der Waals surface area contributed by atoms with Gasteiger partial charge in [0.2, 0.25) is 5.75 Å². The Labute approximate surface area is 145 Å². The minimum absolute atomic E-state index is 0.369. The molecule has 7 nitrogen and oxygen atoms in total. The Kier molecular flexibility index (Phi) is 4.92. The number of nitrogens with one attached hydrogen (secondary N) is 2. The lowest BCUT2D eigenvalue weighted by atomic mass is 10.2. The minimum atomic E-state index is -3.17. The fourth-order valence-corrected chi connectivity index (χ4v) is 2.44. The number of benzene rings is 2. The Bertz CT molecular complexity index is 946. The standard InChI is InChI=1S/C16H13F3N4O3/c17-9-1-3-11-12(7-9)22-15(21-11)5-6-20-10-2-4-13(23(24)25)14(8-10)26-16(18)19/h1-4,7-8,16,20H,5-6H2,(H,21,22). The molecular formula is C16H13F3N4O3. The first-order chi connectivity index (χ1) is 12.4. The molecule has 0 aliphatic heterocycles. The van der Waals surface area contributed by atoms with E-state index in [0.717, 1.165) is 12.1 Å². The summed E-state index contributed by atoms with van der Waals surface area (Å²) in [5.41, 5.74) is 1.04. The molecule has 1 aromatic heterocycles. The summed E-state index contributed by atoms with van der Waals surface area (Å²) in [5, 5.41) is 13.8. The van der Waals surface area contributed by atoms with Gasteiger partial charge in [0.05, 0.1) is 16.0 Å². The van der Waals surface area contributed by atoms with Crippen LogP contribution in [0.25, 0.3) is 11.0 Å². The van der Waals surface area contributed by atoms with Crippen molar-refractivity contribution in [3.05, 3.63) is 58.2 Å². The summed E-state index contributed by atoms with van der Waals surface area (Å²) in [6.45, 7) is -2.80. The van der Waals surface area contributed by atoms with Crippen molar-refractivity contribution in [2.75, 3.05) is 11.9 Å². The maximum atomic E-state index is 13.2. The highest BCUT2D eigenvalue weighted by molar-refractivity contribution is 5.74. The number of rotatable bonds is 7. The van der Waals surface area contributed by atoms with Crippen molar-refractivity contribution in [1.82, 2.24) is 9.97 Å². The Hall–Kier alpha value is -3.30. The fourth-order valence-electron chi connectivity index (χ4n) is 2.44. The fraction of sp³-hybridized carbons (Fsp3) is 0.188. The number of fused-ring (bicyclic) bond motifs is 1. The number of imidazole rings is 1. The van der Waals surface area contributed by atoms with Gasteiger partial charge in [0.15, 0.2) is 0 Å². The number of halogens is 3. The number of ether oxygens (including phenoxy) is 1. The molecule has 0 fully saturated rings. The largest absolute Gasteiger partial charge is 0.427 e. The van der Waals surface area contributed by atoms with Crippen LogP contribution in [-0.2, 0) is 6.42 Å². The first-order valence-corrected chi connectivity index (χ1v) is 7.53. The van der Waals surface area contributed by atoms with Crippen LogP contribution in [0, 0.1) is 15.9 Å². The highest BCUT2D eigenvalue weighted by Gasteiger charge is 2.19. The number of alkyl halides is 2. The molecule has 0 saturated heterocycles. The van der Waals surface area contributed by atoms with Gasteiger partial charge in [0.25, 0.3) is 0 Å². The van der Waals surface area contributed by atoms with Crippen LogP contribution in [0.3, 0.4) is 0 Å². The van der Waals surface area contributed by atoms with E-state index in [1.807, 2.05) is 0 Å². The van der Waals surface area contributed by atoms with Crippen LogP contribution in [0.15, 0.2) is 36.4 Å². The molecule has 0 radical (unpaired) electrons. The summed E-state index contributed by atoms with van der Waals surface area (Å²) < 4.78 is 42.1. The lowest BCUT2D eigenvalue weighted by Crippen LogP contribution is -2.08. The van der Waals surface area contributed by atoms with Crippen LogP contribution in [-0.4, -0.2) is 28.0 Å². The number of anilines is 1. The molecule has 0 amide bonds. The van der Waals surface area contributed by atoms with E-state index in [0.29, 0.717) is 35.5 Å². The van der Waals surface area contributed by atoms with E-state index >= 15 is 0 Å². The van der Waals surface area contributed by atoms with Crippen LogP contribution in [0.4, 0.5) is 24.5 Å². The topological polar surface area (TPSA) is 93.1 Å². The number of hydrogen-bond donors (Lipinski definition) is 2. The highest BCUT2D eigenvalue weighted by Crippen LogP contribution is 2.31. The zero-order valence-electron chi connectivity index (χ0n) is 13.2. The highest BCUT2D eigenvalue weighted by atomic mass is 19.3. The average Bonchev–Trinajstić information content (AvgIpc) is 2.96. The van der Waals surface area contributed by atoms with E-state index in [1.54, 1.807) is 6.07 Å². The minimum Gasteiger partial charge on any atom is -0.427 e. The van der Waals surface area contributed by atoms with Gasteiger partial charge in [0, 0.05) is 30.8 Å². The van der Waals surface area contributed by atoms with E-state index in [-0.39, 0.29) is 5.82 Å². The first-order valence-electron chi connectivity index (χ1n) is 7.53. The number of nitrogens with zero attached hydrogens (tertiary/aromatic N) is 2. The van der Waals surface area contributed by atoms with Crippen molar-refractivity contribution in [3.8, 4) is 5.75 Å². The third-order valence-electron chi connectivity index (χ3n) is 3.56. The maximum Gasteiger partial charge on any atom is 0.387 e. The smallest absolute Gasteiger partial charge is 0.387 e. The van der Waals surface area contributed by atoms with Crippen molar-refractivity contribution in [2.45, 2.75) is 13.0 Å². The summed E-state index contributed by atoms with van der Waals surface area (Å²) in [6.07, 6.45) is 0.443. The molecule has 26 heavy (non-hydrogen) atoms. The van der Waals surface area contributed by atoms with Gasteiger partial charge < -0.3 is 15.0 Å². The van der Waals surface area contributed by atoms with Gasteiger partial charge in [-0.3, -0.25) is 10.1 Å². The second-order valence-corrected chi connectivity index (χ2v) is 5.34. The van der Waals surface area contributed by atoms with Crippen LogP contribution >= 0.6 is 0 Å². The summed E-state index contributed by atoms with van der Waals surface area (Å²) >= 11 is 0. The monoisotopic (exact) mass is 366 g/mol. The number of H-pyrrole nitrogens is 1. The van der Waals surface area contributed by atoms with Crippen molar-refractivity contribution < 1.29 is 22.8 Å². The Balaban J connectivity index is 1.67. The van der Waals surface area contributed by atoms with Gasteiger partial charge in [-0.1, -0.05) is 0 Å². The second kappa shape index (κ2) is 7.30. The molecule has 0 spiro atoms. The molecule has 0 atom stereocenters. The summed E-state index contributed by atoms with van der Waals surface area (Å²) in [5.74, 6) is -0.276. The predicted molar refractivity (Wildman–Crippen MR) is 88.0 cm³/mol. The zero-order chi connectivity index (χ0) is 18.7. The molecule has 136 valence electrons. The van der Waals surface area contributed by atoms with Crippen molar-refractivity contribution in [2.24, 2.45) is 0 Å². The second-order valence-electron chi connectivity index (χ2n) is 5.34. The van der Waals surface area contributed by atoms with Crippen LogP contribution in [0.2, 0.25) is 0 Å². The normalized spacial score (nSPS) is 11.1. The van der Waals surface area contributed by atoms with Gasteiger partial charge in [-0.2, -0.15) is 8.78 Å². The number of hydrogen-bond acceptors (Lipinski definition) is 5. The molecule has 10 heteroatoms. The van der Waals surface area contributed by atoms with Crippen LogP contribution < -0.4 is 10.1 Å². The van der Waals surface area contributed by atoms with E-state index < -0.39 is 23.0 Å². The SMILES string of the molecule is O=[N+]([O-])c1ccc(NCCc2nc3ccc(F)cc3[nH]2)cc1OC(F)F. The van der Waals surface area contributed by atoms with Crippen LogP contribution in [0.5, 0.6) is 5.75 Å². The van der Waals surface area contributed by atoms with Crippen molar-refractivity contribution in [1.29, 1.82) is 0 Å². The Morgan fingerprint density at radius 2 is 2.08 bits per heavy atom. The lowest BCUT2D eigenvalue weighted by Gasteiger charge is -2.09. The van der Waals surface area contributed by atoms with Gasteiger partial charge >= 0.3 is 12.3 Å². The van der Waals surface area contributed by atoms with Gasteiger partial charge in [-0.15, -0.1) is 0 Å². The van der Waals surface area contributed by atoms with Crippen molar-refractivity contribution >= 4 is 22.4 Å². The molecule has 0 saturated carbocycles. The summed E-state index contributed by atoms with van der Waals surface area (Å²) in [4.78, 5) is 17.3. The van der Waals surface area contributed by atoms with E-state index in [2.05, 4.69) is 20.0 Å². The number of aromatic amines is 1. The summed E-state index contributed by atoms with van der Waals surface area (Å²) in [6, 6.07) is 7.82. The predicted octanol–water partition coefficient (Wildman–Crippen LogP) is 3.87. The number of nitro benzene ring substituents is 1. The molecule has 0 aliphatic carbocycles. The molecule has 0 bridgehead atoms. The number of nitro groups is 1. The molecule has 1 heterocycles. The molecule has 3 aromatic rings. The first kappa shape index (κ1) is 17.5. The number of aromatic nitrogens is 2. The van der Waals surface area contributed by atoms with Gasteiger partial charge in [-0.25, -0.2) is 9.37 Å². The van der Waals surface area contributed by atoms with Gasteiger partial charge in [-0.05, 0) is 24.3 Å². The third kappa shape index (κ3) is 4.02. The molecule has 0 aliphatic rings. The zero-order valence-corrected chi connectivity index (χ0v) is 13.2. The Morgan fingerprint density at radius 3 is 2.81 bits per heavy atom.